The summed E-state index contributed by atoms with van der Waals surface area (Å²) in [6.07, 6.45) is 0. The molecule has 3 nitrogen and oxygen atoms in total. The van der Waals surface area contributed by atoms with Gasteiger partial charge in [0, 0.05) is 6.04 Å². The van der Waals surface area contributed by atoms with Gasteiger partial charge in [-0.1, -0.05) is 12.1 Å². The zero-order chi connectivity index (χ0) is 13.0. The highest BCUT2D eigenvalue weighted by atomic mass is 16.5. The molecular weight excluding hydrogens is 224 g/mol. The molecule has 2 rings (SSSR count). The van der Waals surface area contributed by atoms with Gasteiger partial charge in [0.2, 0.25) is 0 Å². The minimum absolute atomic E-state index is 0.0222. The van der Waals surface area contributed by atoms with E-state index in [0.29, 0.717) is 11.3 Å². The molecule has 0 fully saturated rings. The molecule has 0 aliphatic heterocycles. The first-order valence-corrected chi connectivity index (χ1v) is 5.72. The molecule has 2 aromatic carbocycles. The number of benzene rings is 2. The molecule has 2 aromatic rings. The number of rotatable bonds is 3. The molecule has 0 amide bonds. The number of nitrogens with zero attached hydrogens (tertiary/aromatic N) is 1. The van der Waals surface area contributed by atoms with E-state index >= 15 is 0 Å². The van der Waals surface area contributed by atoms with E-state index < -0.39 is 0 Å². The van der Waals surface area contributed by atoms with E-state index in [9.17, 15) is 0 Å². The third-order valence-electron chi connectivity index (χ3n) is 2.63. The lowest BCUT2D eigenvalue weighted by Crippen LogP contribution is -2.04. The van der Waals surface area contributed by atoms with Crippen molar-refractivity contribution < 1.29 is 4.74 Å². The maximum Gasteiger partial charge on any atom is 0.127 e. The van der Waals surface area contributed by atoms with Crippen molar-refractivity contribution in [3.05, 3.63) is 59.7 Å². The minimum atomic E-state index is 0.0222. The van der Waals surface area contributed by atoms with Gasteiger partial charge in [-0.05, 0) is 48.9 Å². The van der Waals surface area contributed by atoms with E-state index in [0.717, 1.165) is 11.3 Å². The summed E-state index contributed by atoms with van der Waals surface area (Å²) >= 11 is 0. The molecule has 0 radical (unpaired) electrons. The molecule has 0 bridgehead atoms. The Morgan fingerprint density at radius 3 is 1.94 bits per heavy atom. The molecule has 0 aliphatic carbocycles. The quantitative estimate of drug-likeness (QED) is 0.891. The maximum absolute atomic E-state index is 8.70. The topological polar surface area (TPSA) is 59.0 Å². The number of ether oxygens (including phenoxy) is 1. The Hall–Kier alpha value is -2.31. The molecule has 1 atom stereocenters. The van der Waals surface area contributed by atoms with Gasteiger partial charge < -0.3 is 10.5 Å². The largest absolute Gasteiger partial charge is 0.457 e. The molecule has 2 N–H and O–H groups in total. The van der Waals surface area contributed by atoms with E-state index in [-0.39, 0.29) is 6.04 Å². The second kappa shape index (κ2) is 5.35. The van der Waals surface area contributed by atoms with Gasteiger partial charge in [0.05, 0.1) is 11.6 Å². The van der Waals surface area contributed by atoms with Crippen molar-refractivity contribution in [1.29, 1.82) is 5.26 Å². The van der Waals surface area contributed by atoms with Gasteiger partial charge in [0.1, 0.15) is 11.5 Å². The molecule has 3 heteroatoms. The summed E-state index contributed by atoms with van der Waals surface area (Å²) in [5.74, 6) is 1.46. The number of hydrogen-bond acceptors (Lipinski definition) is 3. The highest BCUT2D eigenvalue weighted by molar-refractivity contribution is 5.38. The van der Waals surface area contributed by atoms with Crippen molar-refractivity contribution in [3.63, 3.8) is 0 Å². The molecule has 1 unspecified atom stereocenters. The Balaban J connectivity index is 2.11. The van der Waals surface area contributed by atoms with Crippen LogP contribution in [0, 0.1) is 11.3 Å². The van der Waals surface area contributed by atoms with E-state index in [2.05, 4.69) is 6.07 Å². The van der Waals surface area contributed by atoms with E-state index in [4.69, 9.17) is 15.7 Å². The van der Waals surface area contributed by atoms with E-state index in [1.807, 2.05) is 31.2 Å². The summed E-state index contributed by atoms with van der Waals surface area (Å²) in [7, 11) is 0. The fourth-order valence-corrected chi connectivity index (χ4v) is 1.57. The molecule has 0 spiro atoms. The maximum atomic E-state index is 8.70. The third kappa shape index (κ3) is 2.88. The van der Waals surface area contributed by atoms with Gasteiger partial charge in [-0.15, -0.1) is 0 Å². The highest BCUT2D eigenvalue weighted by Crippen LogP contribution is 2.23. The summed E-state index contributed by atoms with van der Waals surface area (Å²) in [5.41, 5.74) is 7.47. The SMILES string of the molecule is CC(N)c1ccc(Oc2ccc(C#N)cc2)cc1. The van der Waals surface area contributed by atoms with Crippen LogP contribution in [0.3, 0.4) is 0 Å². The van der Waals surface area contributed by atoms with Crippen LogP contribution in [0.2, 0.25) is 0 Å². The first kappa shape index (κ1) is 12.2. The van der Waals surface area contributed by atoms with Crippen molar-refractivity contribution >= 4 is 0 Å². The number of hydrogen-bond donors (Lipinski definition) is 1. The summed E-state index contributed by atoms with van der Waals surface area (Å²) in [5, 5.41) is 8.70. The van der Waals surface area contributed by atoms with Gasteiger partial charge >= 0.3 is 0 Å². The normalized spacial score (nSPS) is 11.6. The average molecular weight is 238 g/mol. The molecule has 0 saturated heterocycles. The lowest BCUT2D eigenvalue weighted by molar-refractivity contribution is 0.482. The Kier molecular flexibility index (Phi) is 3.61. The van der Waals surface area contributed by atoms with Crippen LogP contribution in [-0.4, -0.2) is 0 Å². The number of nitrogens with two attached hydrogens (primary N) is 1. The van der Waals surface area contributed by atoms with Gasteiger partial charge in [0.15, 0.2) is 0 Å². The first-order valence-electron chi connectivity index (χ1n) is 5.72. The van der Waals surface area contributed by atoms with E-state index in [1.165, 1.54) is 0 Å². The molecular formula is C15H14N2O. The van der Waals surface area contributed by atoms with Crippen LogP contribution < -0.4 is 10.5 Å². The molecule has 0 heterocycles. The van der Waals surface area contributed by atoms with Crippen molar-refractivity contribution in [1.82, 2.24) is 0 Å². The van der Waals surface area contributed by atoms with Gasteiger partial charge in [-0.2, -0.15) is 5.26 Å². The van der Waals surface area contributed by atoms with Crippen molar-refractivity contribution in [2.75, 3.05) is 0 Å². The zero-order valence-electron chi connectivity index (χ0n) is 10.1. The fourth-order valence-electron chi connectivity index (χ4n) is 1.57. The average Bonchev–Trinajstić information content (AvgIpc) is 2.40. The van der Waals surface area contributed by atoms with Crippen molar-refractivity contribution in [2.45, 2.75) is 13.0 Å². The molecule has 18 heavy (non-hydrogen) atoms. The number of nitriles is 1. The predicted octanol–water partition coefficient (Wildman–Crippen LogP) is 3.37. The monoisotopic (exact) mass is 238 g/mol. The van der Waals surface area contributed by atoms with Gasteiger partial charge in [-0.3, -0.25) is 0 Å². The van der Waals surface area contributed by atoms with Crippen LogP contribution in [0.4, 0.5) is 0 Å². The van der Waals surface area contributed by atoms with Crippen LogP contribution in [0.25, 0.3) is 0 Å². The summed E-state index contributed by atoms with van der Waals surface area (Å²) in [4.78, 5) is 0. The van der Waals surface area contributed by atoms with Crippen LogP contribution >= 0.6 is 0 Å². The van der Waals surface area contributed by atoms with Crippen molar-refractivity contribution in [3.8, 4) is 17.6 Å². The third-order valence-corrected chi connectivity index (χ3v) is 2.63. The zero-order valence-corrected chi connectivity index (χ0v) is 10.1. The fraction of sp³-hybridized carbons (Fsp3) is 0.133. The van der Waals surface area contributed by atoms with Crippen LogP contribution in [0.15, 0.2) is 48.5 Å². The molecule has 0 aliphatic rings. The highest BCUT2D eigenvalue weighted by Gasteiger charge is 2.01. The minimum Gasteiger partial charge on any atom is -0.457 e. The van der Waals surface area contributed by atoms with Crippen molar-refractivity contribution in [2.24, 2.45) is 5.73 Å². The molecule has 90 valence electrons. The van der Waals surface area contributed by atoms with Crippen LogP contribution in [-0.2, 0) is 0 Å². The van der Waals surface area contributed by atoms with Gasteiger partial charge in [-0.25, -0.2) is 0 Å². The summed E-state index contributed by atoms with van der Waals surface area (Å²) < 4.78 is 5.66. The molecule has 0 aromatic heterocycles. The lowest BCUT2D eigenvalue weighted by Gasteiger charge is -2.08. The van der Waals surface area contributed by atoms with Gasteiger partial charge in [0.25, 0.3) is 0 Å². The van der Waals surface area contributed by atoms with E-state index in [1.54, 1.807) is 24.3 Å². The standard InChI is InChI=1S/C15H14N2O/c1-11(17)13-4-8-15(9-5-13)18-14-6-2-12(10-16)3-7-14/h2-9,11H,17H2,1H3. The Morgan fingerprint density at radius 1 is 1.00 bits per heavy atom. The molecule has 0 saturated carbocycles. The summed E-state index contributed by atoms with van der Waals surface area (Å²) in [6, 6.07) is 16.8. The Bertz CT molecular complexity index is 551. The van der Waals surface area contributed by atoms with Crippen LogP contribution in [0.5, 0.6) is 11.5 Å². The van der Waals surface area contributed by atoms with Crippen LogP contribution in [0.1, 0.15) is 24.1 Å². The Morgan fingerprint density at radius 2 is 1.50 bits per heavy atom. The Labute approximate surface area is 106 Å². The summed E-state index contributed by atoms with van der Waals surface area (Å²) in [6.45, 7) is 1.94. The second-order valence-electron chi connectivity index (χ2n) is 4.10. The smallest absolute Gasteiger partial charge is 0.127 e. The lowest BCUT2D eigenvalue weighted by atomic mass is 10.1. The first-order chi connectivity index (χ1) is 8.69. The predicted molar refractivity (Wildman–Crippen MR) is 70.3 cm³/mol. The second-order valence-corrected chi connectivity index (χ2v) is 4.10.